The van der Waals surface area contributed by atoms with Crippen molar-refractivity contribution < 1.29 is 23.1 Å². The van der Waals surface area contributed by atoms with Gasteiger partial charge in [-0.25, -0.2) is 4.79 Å². The first-order chi connectivity index (χ1) is 15.1. The molecule has 1 heterocycles. The second-order valence-electron chi connectivity index (χ2n) is 7.37. The van der Waals surface area contributed by atoms with Crippen LogP contribution in [0.1, 0.15) is 35.0 Å². The molecule has 3 aromatic rings. The Kier molecular flexibility index (Phi) is 6.39. The number of aromatic carboxylic acids is 1. The summed E-state index contributed by atoms with van der Waals surface area (Å²) >= 11 is 0. The predicted octanol–water partition coefficient (Wildman–Crippen LogP) is 6.22. The Morgan fingerprint density at radius 2 is 1.84 bits per heavy atom. The molecule has 7 heteroatoms. The van der Waals surface area contributed by atoms with E-state index in [0.29, 0.717) is 6.42 Å². The SMILES string of the molecule is C=C/C=C(\CC)Cn1c(C)c(C(=O)O)c2cc(-c3ccccc3C(F)(F)F)ccc2c1=O. The van der Waals surface area contributed by atoms with E-state index in [9.17, 15) is 27.9 Å². The number of hydrogen-bond acceptors (Lipinski definition) is 2. The fraction of sp³-hybridized carbons (Fsp3) is 0.200. The van der Waals surface area contributed by atoms with Crippen molar-refractivity contribution in [1.29, 1.82) is 0 Å². The van der Waals surface area contributed by atoms with E-state index < -0.39 is 23.3 Å². The van der Waals surface area contributed by atoms with Gasteiger partial charge in [0.05, 0.1) is 11.1 Å². The number of fused-ring (bicyclic) bond motifs is 1. The predicted molar refractivity (Wildman–Crippen MR) is 119 cm³/mol. The average molecular weight is 441 g/mol. The van der Waals surface area contributed by atoms with Crippen LogP contribution < -0.4 is 5.56 Å². The van der Waals surface area contributed by atoms with E-state index >= 15 is 0 Å². The summed E-state index contributed by atoms with van der Waals surface area (Å²) in [4.78, 5) is 25.3. The van der Waals surface area contributed by atoms with Gasteiger partial charge in [0.25, 0.3) is 5.56 Å². The van der Waals surface area contributed by atoms with Crippen molar-refractivity contribution in [2.24, 2.45) is 0 Å². The van der Waals surface area contributed by atoms with E-state index in [4.69, 9.17) is 0 Å². The molecular weight excluding hydrogens is 419 g/mol. The molecule has 0 radical (unpaired) electrons. The van der Waals surface area contributed by atoms with Gasteiger partial charge >= 0.3 is 12.1 Å². The van der Waals surface area contributed by atoms with Crippen molar-refractivity contribution in [2.45, 2.75) is 33.0 Å². The zero-order valence-corrected chi connectivity index (χ0v) is 17.7. The number of alkyl halides is 3. The first-order valence-electron chi connectivity index (χ1n) is 9.97. The zero-order chi connectivity index (χ0) is 23.6. The topological polar surface area (TPSA) is 59.3 Å². The van der Waals surface area contributed by atoms with Crippen LogP contribution >= 0.6 is 0 Å². The lowest BCUT2D eigenvalue weighted by Crippen LogP contribution is -2.26. The van der Waals surface area contributed by atoms with Crippen LogP contribution in [0.5, 0.6) is 0 Å². The van der Waals surface area contributed by atoms with Crippen molar-refractivity contribution >= 4 is 16.7 Å². The van der Waals surface area contributed by atoms with Crippen LogP contribution in [0.25, 0.3) is 21.9 Å². The van der Waals surface area contributed by atoms with E-state index in [2.05, 4.69) is 6.58 Å². The molecule has 0 aliphatic heterocycles. The maximum Gasteiger partial charge on any atom is 0.417 e. The molecule has 1 aromatic heterocycles. The quantitative estimate of drug-likeness (QED) is 0.462. The maximum atomic E-state index is 13.5. The molecule has 166 valence electrons. The van der Waals surface area contributed by atoms with Crippen LogP contribution in [0.2, 0.25) is 0 Å². The second-order valence-corrected chi connectivity index (χ2v) is 7.37. The minimum atomic E-state index is -4.57. The van der Waals surface area contributed by atoms with E-state index in [0.717, 1.165) is 11.6 Å². The Balaban J connectivity index is 2.33. The largest absolute Gasteiger partial charge is 0.478 e. The highest BCUT2D eigenvalue weighted by Gasteiger charge is 2.33. The molecule has 0 atom stereocenters. The first-order valence-corrected chi connectivity index (χ1v) is 9.97. The maximum absolute atomic E-state index is 13.5. The molecule has 2 aromatic carbocycles. The molecule has 1 N–H and O–H groups in total. The van der Waals surface area contributed by atoms with Gasteiger partial charge in [0.1, 0.15) is 0 Å². The third-order valence-electron chi connectivity index (χ3n) is 5.46. The van der Waals surface area contributed by atoms with E-state index in [-0.39, 0.29) is 39.7 Å². The van der Waals surface area contributed by atoms with Crippen molar-refractivity contribution in [2.75, 3.05) is 0 Å². The van der Waals surface area contributed by atoms with Gasteiger partial charge in [0.15, 0.2) is 0 Å². The number of aromatic nitrogens is 1. The van der Waals surface area contributed by atoms with Gasteiger partial charge in [-0.1, -0.05) is 55.5 Å². The van der Waals surface area contributed by atoms with Crippen LogP contribution in [-0.2, 0) is 12.7 Å². The standard InChI is InChI=1S/C25H22F3NO3/c1-4-8-16(5-2)14-29-15(3)22(24(31)32)20-13-17(11-12-19(20)23(29)30)18-9-6-7-10-21(18)25(26,27)28/h4,6-13H,1,5,14H2,2-3H3,(H,31,32)/b16-8+. The number of rotatable bonds is 6. The molecule has 4 nitrogen and oxygen atoms in total. The highest BCUT2D eigenvalue weighted by molar-refractivity contribution is 6.05. The summed E-state index contributed by atoms with van der Waals surface area (Å²) in [5, 5.41) is 10.1. The van der Waals surface area contributed by atoms with Gasteiger partial charge in [-0.05, 0) is 42.7 Å². The molecule has 0 amide bonds. The molecule has 0 unspecified atom stereocenters. The molecule has 0 spiro atoms. The molecule has 0 saturated heterocycles. The fourth-order valence-corrected chi connectivity index (χ4v) is 3.83. The van der Waals surface area contributed by atoms with Crippen molar-refractivity contribution in [3.63, 3.8) is 0 Å². The highest BCUT2D eigenvalue weighted by atomic mass is 19.4. The summed E-state index contributed by atoms with van der Waals surface area (Å²) in [5.74, 6) is -1.26. The average Bonchev–Trinajstić information content (AvgIpc) is 2.74. The lowest BCUT2D eigenvalue weighted by atomic mass is 9.95. The van der Waals surface area contributed by atoms with Gasteiger partial charge in [-0.2, -0.15) is 13.2 Å². The van der Waals surface area contributed by atoms with Crippen LogP contribution in [0.3, 0.4) is 0 Å². The smallest absolute Gasteiger partial charge is 0.417 e. The van der Waals surface area contributed by atoms with E-state index in [1.54, 1.807) is 12.2 Å². The molecular formula is C25H22F3NO3. The number of carbonyl (C=O) groups is 1. The van der Waals surface area contributed by atoms with Crippen molar-refractivity contribution in [3.05, 3.63) is 93.9 Å². The Morgan fingerprint density at radius 1 is 1.16 bits per heavy atom. The normalized spacial score (nSPS) is 12.2. The molecule has 0 bridgehead atoms. The number of nitrogens with zero attached hydrogens (tertiary/aromatic N) is 1. The summed E-state index contributed by atoms with van der Waals surface area (Å²) in [6, 6.07) is 9.23. The summed E-state index contributed by atoms with van der Waals surface area (Å²) in [7, 11) is 0. The lowest BCUT2D eigenvalue weighted by Gasteiger charge is -2.18. The fourth-order valence-electron chi connectivity index (χ4n) is 3.83. The highest BCUT2D eigenvalue weighted by Crippen LogP contribution is 2.38. The molecule has 0 aliphatic rings. The van der Waals surface area contributed by atoms with E-state index in [1.165, 1.54) is 47.9 Å². The van der Waals surface area contributed by atoms with Crippen LogP contribution in [-0.4, -0.2) is 15.6 Å². The van der Waals surface area contributed by atoms with E-state index in [1.807, 2.05) is 6.92 Å². The van der Waals surface area contributed by atoms with Crippen molar-refractivity contribution in [3.8, 4) is 11.1 Å². The number of allylic oxidation sites excluding steroid dienone is 3. The Hall–Kier alpha value is -3.61. The zero-order valence-electron chi connectivity index (χ0n) is 17.7. The Bertz CT molecular complexity index is 1300. The molecule has 3 rings (SSSR count). The van der Waals surface area contributed by atoms with Gasteiger partial charge in [-0.15, -0.1) is 0 Å². The van der Waals surface area contributed by atoms with Gasteiger partial charge < -0.3 is 9.67 Å². The van der Waals surface area contributed by atoms with Crippen LogP contribution in [0.15, 0.2) is 71.6 Å². The third kappa shape index (κ3) is 4.23. The minimum Gasteiger partial charge on any atom is -0.478 e. The lowest BCUT2D eigenvalue weighted by molar-refractivity contribution is -0.137. The third-order valence-corrected chi connectivity index (χ3v) is 5.46. The van der Waals surface area contributed by atoms with Crippen LogP contribution in [0, 0.1) is 6.92 Å². The second kappa shape index (κ2) is 8.86. The summed E-state index contributed by atoms with van der Waals surface area (Å²) in [6.07, 6.45) is -0.559. The molecule has 0 fully saturated rings. The molecule has 0 saturated carbocycles. The minimum absolute atomic E-state index is 0.0812. The van der Waals surface area contributed by atoms with Gasteiger partial charge in [0, 0.05) is 23.0 Å². The number of carboxylic acids is 1. The van der Waals surface area contributed by atoms with Gasteiger partial charge in [-0.3, -0.25) is 4.79 Å². The van der Waals surface area contributed by atoms with Crippen LogP contribution in [0.4, 0.5) is 13.2 Å². The Morgan fingerprint density at radius 3 is 2.44 bits per heavy atom. The molecule has 0 aliphatic carbocycles. The monoisotopic (exact) mass is 441 g/mol. The summed E-state index contributed by atoms with van der Waals surface area (Å²) < 4.78 is 41.9. The summed E-state index contributed by atoms with van der Waals surface area (Å²) in [6.45, 7) is 7.30. The van der Waals surface area contributed by atoms with Gasteiger partial charge in [0.2, 0.25) is 0 Å². The first kappa shape index (κ1) is 23.1. The number of halogens is 3. The number of carboxylic acid groups (broad SMARTS) is 1. The Labute approximate surface area is 182 Å². The van der Waals surface area contributed by atoms with Crippen molar-refractivity contribution in [1.82, 2.24) is 4.57 Å². The number of pyridine rings is 1. The molecule has 32 heavy (non-hydrogen) atoms. The number of hydrogen-bond donors (Lipinski definition) is 1. The summed E-state index contributed by atoms with van der Waals surface area (Å²) in [5.41, 5.74) is -0.117. The number of benzene rings is 2.